The third kappa shape index (κ3) is 3.64. The van der Waals surface area contributed by atoms with Gasteiger partial charge in [-0.1, -0.05) is 35.5 Å². The number of benzene rings is 1. The smallest absolute Gasteiger partial charge is 0.155 e. The molecule has 1 heterocycles. The lowest BCUT2D eigenvalue weighted by Gasteiger charge is -2.23. The van der Waals surface area contributed by atoms with Crippen molar-refractivity contribution >= 4 is 11.5 Å². The van der Waals surface area contributed by atoms with Gasteiger partial charge < -0.3 is 5.21 Å². The van der Waals surface area contributed by atoms with Crippen LogP contribution >= 0.6 is 0 Å². The first kappa shape index (κ1) is 13.7. The maximum Gasteiger partial charge on any atom is 0.155 e. The van der Waals surface area contributed by atoms with E-state index in [1.807, 2.05) is 18.2 Å². The van der Waals surface area contributed by atoms with Gasteiger partial charge in [-0.2, -0.15) is 0 Å². The Morgan fingerprint density at radius 2 is 2.16 bits per heavy atom. The molecule has 0 amide bonds. The summed E-state index contributed by atoms with van der Waals surface area (Å²) in [4.78, 5) is 14.4. The predicted octanol–water partition coefficient (Wildman–Crippen LogP) is 2.46. The number of carbonyl (C=O) groups is 1. The molecule has 1 saturated heterocycles. The highest BCUT2D eigenvalue weighted by Gasteiger charge is 2.30. The molecule has 0 saturated carbocycles. The van der Waals surface area contributed by atoms with Crippen LogP contribution in [0.4, 0.5) is 0 Å². The van der Waals surface area contributed by atoms with Crippen LogP contribution in [-0.4, -0.2) is 34.2 Å². The van der Waals surface area contributed by atoms with Gasteiger partial charge >= 0.3 is 0 Å². The Hall–Kier alpha value is -1.68. The van der Waals surface area contributed by atoms with Crippen molar-refractivity contribution in [3.63, 3.8) is 0 Å². The SMILES string of the molecule is C/C(CC(=O)[C@@H]1CCCN1Cc1ccccc1)=N\O. The molecular formula is C15H20N2O2. The number of carbonyl (C=O) groups excluding carboxylic acids is 1. The lowest BCUT2D eigenvalue weighted by Crippen LogP contribution is -2.36. The maximum atomic E-state index is 12.2. The summed E-state index contributed by atoms with van der Waals surface area (Å²) in [5, 5.41) is 11.7. The first-order valence-corrected chi connectivity index (χ1v) is 6.69. The van der Waals surface area contributed by atoms with Crippen LogP contribution in [0.1, 0.15) is 31.7 Å². The molecule has 0 spiro atoms. The molecular weight excluding hydrogens is 240 g/mol. The zero-order chi connectivity index (χ0) is 13.7. The Bertz CT molecular complexity index is 456. The summed E-state index contributed by atoms with van der Waals surface area (Å²) in [6, 6.07) is 10.2. The fourth-order valence-electron chi connectivity index (χ4n) is 2.60. The molecule has 1 aromatic rings. The van der Waals surface area contributed by atoms with Gasteiger partial charge in [-0.05, 0) is 31.9 Å². The number of oxime groups is 1. The summed E-state index contributed by atoms with van der Waals surface area (Å²) in [5.41, 5.74) is 1.71. The topological polar surface area (TPSA) is 52.9 Å². The molecule has 1 fully saturated rings. The van der Waals surface area contributed by atoms with Crippen molar-refractivity contribution in [3.05, 3.63) is 35.9 Å². The molecule has 4 nitrogen and oxygen atoms in total. The fourth-order valence-corrected chi connectivity index (χ4v) is 2.60. The molecule has 2 rings (SSSR count). The second-order valence-electron chi connectivity index (χ2n) is 5.09. The first-order chi connectivity index (χ1) is 9.20. The van der Waals surface area contributed by atoms with Gasteiger partial charge in [-0.25, -0.2) is 0 Å². The Morgan fingerprint density at radius 1 is 1.42 bits per heavy atom. The molecule has 0 radical (unpaired) electrons. The van der Waals surface area contributed by atoms with E-state index < -0.39 is 0 Å². The van der Waals surface area contributed by atoms with Crippen molar-refractivity contribution < 1.29 is 10.0 Å². The van der Waals surface area contributed by atoms with Crippen LogP contribution < -0.4 is 0 Å². The zero-order valence-corrected chi connectivity index (χ0v) is 11.2. The molecule has 1 aromatic carbocycles. The number of hydrogen-bond donors (Lipinski definition) is 1. The summed E-state index contributed by atoms with van der Waals surface area (Å²) >= 11 is 0. The van der Waals surface area contributed by atoms with E-state index in [0.717, 1.165) is 25.9 Å². The molecule has 19 heavy (non-hydrogen) atoms. The number of hydrogen-bond acceptors (Lipinski definition) is 4. The van der Waals surface area contributed by atoms with Crippen molar-refractivity contribution in [2.24, 2.45) is 5.16 Å². The highest BCUT2D eigenvalue weighted by molar-refractivity contribution is 6.02. The van der Waals surface area contributed by atoms with Gasteiger partial charge in [-0.3, -0.25) is 9.69 Å². The second kappa shape index (κ2) is 6.48. The molecule has 4 heteroatoms. The van der Waals surface area contributed by atoms with Gasteiger partial charge in [0.1, 0.15) is 0 Å². The highest BCUT2D eigenvalue weighted by atomic mass is 16.4. The van der Waals surface area contributed by atoms with E-state index in [1.54, 1.807) is 6.92 Å². The van der Waals surface area contributed by atoms with E-state index >= 15 is 0 Å². The van der Waals surface area contributed by atoms with E-state index in [4.69, 9.17) is 5.21 Å². The minimum atomic E-state index is -0.0306. The van der Waals surface area contributed by atoms with Gasteiger partial charge in [0.25, 0.3) is 0 Å². The molecule has 0 unspecified atom stereocenters. The second-order valence-corrected chi connectivity index (χ2v) is 5.09. The molecule has 1 aliphatic heterocycles. The van der Waals surface area contributed by atoms with Crippen molar-refractivity contribution in [3.8, 4) is 0 Å². The third-order valence-electron chi connectivity index (χ3n) is 3.56. The molecule has 1 aliphatic rings. The van der Waals surface area contributed by atoms with Crippen LogP contribution in [0.15, 0.2) is 35.5 Å². The lowest BCUT2D eigenvalue weighted by molar-refractivity contribution is -0.122. The quantitative estimate of drug-likeness (QED) is 0.502. The number of Topliss-reactive ketones (excluding diaryl/α,β-unsaturated/α-hetero) is 1. The Morgan fingerprint density at radius 3 is 2.84 bits per heavy atom. The summed E-state index contributed by atoms with van der Waals surface area (Å²) in [6.45, 7) is 3.45. The summed E-state index contributed by atoms with van der Waals surface area (Å²) < 4.78 is 0. The third-order valence-corrected chi connectivity index (χ3v) is 3.56. The number of rotatable bonds is 5. The number of ketones is 1. The minimum absolute atomic E-state index is 0.0306. The average molecular weight is 260 g/mol. The average Bonchev–Trinajstić information content (AvgIpc) is 2.88. The molecule has 0 bridgehead atoms. The van der Waals surface area contributed by atoms with E-state index in [-0.39, 0.29) is 18.2 Å². The summed E-state index contributed by atoms with van der Waals surface area (Å²) in [7, 11) is 0. The first-order valence-electron chi connectivity index (χ1n) is 6.69. The fraction of sp³-hybridized carbons (Fsp3) is 0.467. The zero-order valence-electron chi connectivity index (χ0n) is 11.2. The van der Waals surface area contributed by atoms with Crippen LogP contribution in [-0.2, 0) is 11.3 Å². The van der Waals surface area contributed by atoms with Gasteiger partial charge in [0.2, 0.25) is 0 Å². The van der Waals surface area contributed by atoms with Gasteiger partial charge in [0.05, 0.1) is 11.8 Å². The van der Waals surface area contributed by atoms with Crippen LogP contribution in [0.25, 0.3) is 0 Å². The van der Waals surface area contributed by atoms with Crippen molar-refractivity contribution in [2.75, 3.05) is 6.54 Å². The molecule has 0 aliphatic carbocycles. The van der Waals surface area contributed by atoms with E-state index in [9.17, 15) is 4.79 Å². The number of nitrogens with zero attached hydrogens (tertiary/aromatic N) is 2. The van der Waals surface area contributed by atoms with Crippen molar-refractivity contribution in [1.82, 2.24) is 4.90 Å². The standard InChI is InChI=1S/C15H20N2O2/c1-12(16-19)10-15(18)14-8-5-9-17(14)11-13-6-3-2-4-7-13/h2-4,6-7,14,19H,5,8-11H2,1H3/b16-12+/t14-/m0/s1. The minimum Gasteiger partial charge on any atom is -0.411 e. The maximum absolute atomic E-state index is 12.2. The van der Waals surface area contributed by atoms with Crippen LogP contribution in [0, 0.1) is 0 Å². The van der Waals surface area contributed by atoms with Crippen molar-refractivity contribution in [1.29, 1.82) is 0 Å². The normalized spacial score (nSPS) is 20.7. The Balaban J connectivity index is 1.99. The highest BCUT2D eigenvalue weighted by Crippen LogP contribution is 2.21. The molecule has 102 valence electrons. The molecule has 1 N–H and O–H groups in total. The van der Waals surface area contributed by atoms with Gasteiger partial charge in [0.15, 0.2) is 5.78 Å². The van der Waals surface area contributed by atoms with Crippen molar-refractivity contribution in [2.45, 2.75) is 38.8 Å². The Labute approximate surface area is 113 Å². The molecule has 1 atom stereocenters. The molecule has 0 aromatic heterocycles. The van der Waals surface area contributed by atoms with Crippen LogP contribution in [0.5, 0.6) is 0 Å². The largest absolute Gasteiger partial charge is 0.411 e. The van der Waals surface area contributed by atoms with Gasteiger partial charge in [-0.15, -0.1) is 0 Å². The monoisotopic (exact) mass is 260 g/mol. The van der Waals surface area contributed by atoms with Gasteiger partial charge in [0, 0.05) is 13.0 Å². The summed E-state index contributed by atoms with van der Waals surface area (Å²) in [5.74, 6) is 0.156. The number of likely N-dealkylation sites (tertiary alicyclic amines) is 1. The van der Waals surface area contributed by atoms with E-state index in [0.29, 0.717) is 5.71 Å². The van der Waals surface area contributed by atoms with Crippen LogP contribution in [0.2, 0.25) is 0 Å². The Kier molecular flexibility index (Phi) is 4.68. The van der Waals surface area contributed by atoms with Crippen LogP contribution in [0.3, 0.4) is 0 Å². The summed E-state index contributed by atoms with van der Waals surface area (Å²) in [6.07, 6.45) is 2.20. The van der Waals surface area contributed by atoms with E-state index in [2.05, 4.69) is 22.2 Å². The predicted molar refractivity (Wildman–Crippen MR) is 74.4 cm³/mol. The lowest BCUT2D eigenvalue weighted by atomic mass is 10.0. The van der Waals surface area contributed by atoms with E-state index in [1.165, 1.54) is 5.56 Å².